The molecule has 0 rings (SSSR count). The van der Waals surface area contributed by atoms with Gasteiger partial charge in [-0.05, 0) is 25.7 Å². The van der Waals surface area contributed by atoms with Gasteiger partial charge >= 0.3 is 0 Å². The van der Waals surface area contributed by atoms with Crippen molar-refractivity contribution >= 4 is 37.6 Å². The number of hydrogen-bond acceptors (Lipinski definition) is 1. The molecule has 0 heterocycles. The molecule has 4 unspecified atom stereocenters. The van der Waals surface area contributed by atoms with Crippen molar-refractivity contribution in [3.05, 3.63) is 0 Å². The van der Waals surface area contributed by atoms with E-state index in [1.54, 1.807) is 0 Å². The summed E-state index contributed by atoms with van der Waals surface area (Å²) in [5.41, 5.74) is 0. The fourth-order valence-corrected chi connectivity index (χ4v) is 4.58. The predicted molar refractivity (Wildman–Crippen MR) is 134 cm³/mol. The Labute approximate surface area is 193 Å². The molecule has 0 aromatic rings. The lowest BCUT2D eigenvalue weighted by Gasteiger charge is -2.16. The summed E-state index contributed by atoms with van der Waals surface area (Å²) in [4.78, 5) is 13.9. The van der Waals surface area contributed by atoms with Crippen LogP contribution in [-0.4, -0.2) is 15.4 Å². The minimum absolute atomic E-state index is 0.260. The van der Waals surface area contributed by atoms with Gasteiger partial charge in [0.05, 0.1) is 0 Å². The maximum atomic E-state index is 12.6. The molecule has 0 aliphatic rings. The molecular weight excluding hydrogens is 476 g/mol. The molecule has 0 bridgehead atoms. The fraction of sp³-hybridized carbons (Fsp3) is 0.960. The monoisotopic (exact) mass is 522 g/mol. The summed E-state index contributed by atoms with van der Waals surface area (Å²) in [6, 6.07) is 0. The van der Waals surface area contributed by atoms with Gasteiger partial charge in [0.1, 0.15) is 5.78 Å². The molecule has 0 fully saturated rings. The second-order valence-corrected chi connectivity index (χ2v) is 12.3. The summed E-state index contributed by atoms with van der Waals surface area (Å²) in [6.07, 6.45) is 20.6. The maximum absolute atomic E-state index is 12.6. The molecule has 0 spiro atoms. The first-order valence-corrected chi connectivity index (χ1v) is 14.0. The van der Waals surface area contributed by atoms with Gasteiger partial charge in [0.25, 0.3) is 0 Å². The van der Waals surface area contributed by atoms with E-state index in [0.29, 0.717) is 15.4 Å². The number of Topliss-reactive ketones (excluding diaryl/α,β-unsaturated/α-hetero) is 1. The molecule has 4 atom stereocenters. The quantitative estimate of drug-likeness (QED) is 0.114. The third-order valence-corrected chi connectivity index (χ3v) is 6.87. The normalized spacial score (nSPS) is 15.9. The minimum atomic E-state index is 0.260. The van der Waals surface area contributed by atoms with E-state index in [1.165, 1.54) is 89.9 Å². The Morgan fingerprint density at radius 1 is 0.500 bits per heavy atom. The molecule has 1 nitrogen and oxygen atoms in total. The van der Waals surface area contributed by atoms with Gasteiger partial charge in [0.15, 0.2) is 0 Å². The van der Waals surface area contributed by atoms with Crippen LogP contribution in [0.15, 0.2) is 0 Å². The number of carbonyl (C=O) groups excluding carboxylic acids is 1. The van der Waals surface area contributed by atoms with E-state index in [4.69, 9.17) is 0 Å². The number of ketones is 1. The van der Waals surface area contributed by atoms with Gasteiger partial charge in [0.2, 0.25) is 0 Å². The number of halogens is 2. The van der Waals surface area contributed by atoms with Crippen molar-refractivity contribution in [3.8, 4) is 0 Å². The molecule has 0 aliphatic heterocycles. The SMILES string of the molecule is CC(Br)CCCCCCCCC(C)C(=O)C(C)CCCCCCCCC(C)Br. The van der Waals surface area contributed by atoms with Crippen LogP contribution >= 0.6 is 31.9 Å². The Hall–Kier alpha value is 0.630. The summed E-state index contributed by atoms with van der Waals surface area (Å²) >= 11 is 7.22. The third kappa shape index (κ3) is 18.6. The number of alkyl halides is 2. The van der Waals surface area contributed by atoms with E-state index in [9.17, 15) is 4.79 Å². The first-order valence-electron chi connectivity index (χ1n) is 12.2. The van der Waals surface area contributed by atoms with Crippen molar-refractivity contribution in [1.82, 2.24) is 0 Å². The Morgan fingerprint density at radius 2 is 0.750 bits per heavy atom. The van der Waals surface area contributed by atoms with E-state index in [1.807, 2.05) is 0 Å². The summed E-state index contributed by atoms with van der Waals surface area (Å²) in [6.45, 7) is 8.77. The van der Waals surface area contributed by atoms with Crippen molar-refractivity contribution in [2.75, 3.05) is 0 Å². The van der Waals surface area contributed by atoms with Gasteiger partial charge in [0, 0.05) is 21.5 Å². The first kappa shape index (κ1) is 28.6. The van der Waals surface area contributed by atoms with Gasteiger partial charge in [-0.1, -0.05) is 137 Å². The van der Waals surface area contributed by atoms with Crippen LogP contribution in [0.5, 0.6) is 0 Å². The van der Waals surface area contributed by atoms with Crippen molar-refractivity contribution < 1.29 is 4.79 Å². The standard InChI is InChI=1S/C25H48Br2O/c1-21(17-13-9-5-7-11-15-19-23(3)26)25(28)22(2)18-14-10-6-8-12-16-20-24(4)27/h21-24H,5-20H2,1-4H3. The van der Waals surface area contributed by atoms with E-state index in [-0.39, 0.29) is 11.8 Å². The Kier molecular flexibility index (Phi) is 20.0. The van der Waals surface area contributed by atoms with Crippen LogP contribution in [0.25, 0.3) is 0 Å². The van der Waals surface area contributed by atoms with Gasteiger partial charge in [-0.25, -0.2) is 0 Å². The molecule has 0 saturated heterocycles. The van der Waals surface area contributed by atoms with Crippen molar-refractivity contribution in [1.29, 1.82) is 0 Å². The summed E-state index contributed by atoms with van der Waals surface area (Å²) in [7, 11) is 0. The van der Waals surface area contributed by atoms with Crippen LogP contribution in [-0.2, 0) is 4.79 Å². The zero-order valence-electron chi connectivity index (χ0n) is 19.3. The average molecular weight is 524 g/mol. The molecule has 0 aromatic heterocycles. The molecule has 0 saturated carbocycles. The van der Waals surface area contributed by atoms with Gasteiger partial charge in [-0.15, -0.1) is 0 Å². The highest BCUT2D eigenvalue weighted by Gasteiger charge is 2.19. The number of carbonyl (C=O) groups is 1. The number of unbranched alkanes of at least 4 members (excludes halogenated alkanes) is 10. The van der Waals surface area contributed by atoms with Crippen LogP contribution in [0.3, 0.4) is 0 Å². The van der Waals surface area contributed by atoms with Crippen LogP contribution in [0, 0.1) is 11.8 Å². The molecule has 0 N–H and O–H groups in total. The van der Waals surface area contributed by atoms with E-state index in [0.717, 1.165) is 12.8 Å². The lowest BCUT2D eigenvalue weighted by molar-refractivity contribution is -0.126. The third-order valence-electron chi connectivity index (χ3n) is 5.95. The molecule has 168 valence electrons. The molecular formula is C25H48Br2O. The Balaban J connectivity index is 3.56. The molecule has 0 aromatic carbocycles. The Bertz CT molecular complexity index is 322. The van der Waals surface area contributed by atoms with E-state index in [2.05, 4.69) is 59.6 Å². The lowest BCUT2D eigenvalue weighted by Crippen LogP contribution is -2.19. The molecule has 28 heavy (non-hydrogen) atoms. The van der Waals surface area contributed by atoms with Crippen molar-refractivity contribution in [3.63, 3.8) is 0 Å². The van der Waals surface area contributed by atoms with Gasteiger partial charge in [-0.3, -0.25) is 4.79 Å². The van der Waals surface area contributed by atoms with Crippen LogP contribution in [0.2, 0.25) is 0 Å². The van der Waals surface area contributed by atoms with E-state index < -0.39 is 0 Å². The van der Waals surface area contributed by atoms with Gasteiger partial charge in [-0.2, -0.15) is 0 Å². The summed E-state index contributed by atoms with van der Waals surface area (Å²) < 4.78 is 0. The van der Waals surface area contributed by atoms with E-state index >= 15 is 0 Å². The van der Waals surface area contributed by atoms with Crippen molar-refractivity contribution in [2.24, 2.45) is 11.8 Å². The minimum Gasteiger partial charge on any atom is -0.299 e. The summed E-state index contributed by atoms with van der Waals surface area (Å²) in [5.74, 6) is 1.03. The average Bonchev–Trinajstić information content (AvgIpc) is 2.64. The molecule has 0 amide bonds. The second-order valence-electron chi connectivity index (χ2n) is 9.16. The van der Waals surface area contributed by atoms with Crippen LogP contribution in [0.1, 0.15) is 130 Å². The largest absolute Gasteiger partial charge is 0.299 e. The lowest BCUT2D eigenvalue weighted by atomic mass is 9.88. The topological polar surface area (TPSA) is 17.1 Å². The van der Waals surface area contributed by atoms with Crippen molar-refractivity contribution in [2.45, 2.75) is 140 Å². The number of rotatable bonds is 20. The van der Waals surface area contributed by atoms with Crippen LogP contribution in [0.4, 0.5) is 0 Å². The molecule has 0 aliphatic carbocycles. The highest BCUT2D eigenvalue weighted by atomic mass is 79.9. The zero-order chi connectivity index (χ0) is 21.2. The Morgan fingerprint density at radius 3 is 1.04 bits per heavy atom. The van der Waals surface area contributed by atoms with Gasteiger partial charge < -0.3 is 0 Å². The first-order chi connectivity index (χ1) is 13.3. The highest BCUT2D eigenvalue weighted by Crippen LogP contribution is 2.21. The molecule has 0 radical (unpaired) electrons. The number of hydrogen-bond donors (Lipinski definition) is 0. The fourth-order valence-electron chi connectivity index (χ4n) is 3.94. The van der Waals surface area contributed by atoms with Crippen LogP contribution < -0.4 is 0 Å². The maximum Gasteiger partial charge on any atom is 0.138 e. The summed E-state index contributed by atoms with van der Waals surface area (Å²) in [5, 5.41) is 0. The zero-order valence-corrected chi connectivity index (χ0v) is 22.5. The molecule has 3 heteroatoms. The predicted octanol–water partition coefficient (Wildman–Crippen LogP) is 9.64. The highest BCUT2D eigenvalue weighted by molar-refractivity contribution is 9.09. The second kappa shape index (κ2) is 19.6. The smallest absolute Gasteiger partial charge is 0.138 e.